The Morgan fingerprint density at radius 3 is 2.36 bits per heavy atom. The van der Waals surface area contributed by atoms with Gasteiger partial charge in [0.25, 0.3) is 5.91 Å². The molecule has 3 nitrogen and oxygen atoms in total. The molecule has 0 fully saturated rings. The topological polar surface area (TPSA) is 55.1 Å². The summed E-state index contributed by atoms with van der Waals surface area (Å²) in [5.41, 5.74) is 4.93. The summed E-state index contributed by atoms with van der Waals surface area (Å²) < 4.78 is 41.2. The molecule has 0 heterocycles. The third-order valence-corrected chi connectivity index (χ3v) is 3.51. The van der Waals surface area contributed by atoms with Gasteiger partial charge < -0.3 is 11.1 Å². The van der Waals surface area contributed by atoms with Gasteiger partial charge in [0, 0.05) is 16.6 Å². The predicted molar refractivity (Wildman–Crippen MR) is 81.2 cm³/mol. The molecule has 1 amide bonds. The van der Waals surface area contributed by atoms with Crippen LogP contribution >= 0.6 is 15.9 Å². The van der Waals surface area contributed by atoms with Crippen LogP contribution in [0, 0.1) is 17.5 Å². The van der Waals surface area contributed by atoms with Crippen molar-refractivity contribution in [2.24, 2.45) is 5.73 Å². The number of anilines is 1. The van der Waals surface area contributed by atoms with E-state index < -0.39 is 23.4 Å². The van der Waals surface area contributed by atoms with E-state index >= 15 is 0 Å². The summed E-state index contributed by atoms with van der Waals surface area (Å²) in [6.45, 7) is 0.105. The Bertz CT molecular complexity index is 702. The van der Waals surface area contributed by atoms with Crippen LogP contribution in [0.15, 0.2) is 34.8 Å². The number of amides is 1. The number of carbonyl (C=O) groups excluding carboxylic acids is 1. The number of benzene rings is 2. The van der Waals surface area contributed by atoms with Crippen LogP contribution in [-0.4, -0.2) is 12.5 Å². The lowest BCUT2D eigenvalue weighted by Gasteiger charge is -2.12. The lowest BCUT2D eigenvalue weighted by atomic mass is 10.1. The molecule has 116 valence electrons. The first-order valence-corrected chi connectivity index (χ1v) is 7.15. The molecule has 22 heavy (non-hydrogen) atoms. The number of nitrogens with one attached hydrogen (secondary N) is 1. The molecule has 0 bridgehead atoms. The number of rotatable bonds is 5. The first-order valence-electron chi connectivity index (χ1n) is 6.35. The van der Waals surface area contributed by atoms with Crippen molar-refractivity contribution in [1.82, 2.24) is 0 Å². The van der Waals surface area contributed by atoms with Crippen molar-refractivity contribution in [2.45, 2.75) is 6.42 Å². The third-order valence-electron chi connectivity index (χ3n) is 3.05. The van der Waals surface area contributed by atoms with E-state index in [1.165, 1.54) is 12.1 Å². The van der Waals surface area contributed by atoms with Crippen LogP contribution < -0.4 is 11.1 Å². The van der Waals surface area contributed by atoms with Crippen LogP contribution in [0.5, 0.6) is 0 Å². The van der Waals surface area contributed by atoms with Gasteiger partial charge in [-0.15, -0.1) is 0 Å². The maximum atomic E-state index is 13.7. The minimum absolute atomic E-state index is 0.0326. The second-order valence-corrected chi connectivity index (χ2v) is 5.47. The van der Waals surface area contributed by atoms with Gasteiger partial charge in [-0.25, -0.2) is 13.2 Å². The van der Waals surface area contributed by atoms with Gasteiger partial charge in [0.2, 0.25) is 0 Å². The van der Waals surface area contributed by atoms with Crippen molar-refractivity contribution in [3.8, 4) is 0 Å². The number of primary amides is 1. The Balaban J connectivity index is 2.17. The van der Waals surface area contributed by atoms with Crippen molar-refractivity contribution < 1.29 is 18.0 Å². The van der Waals surface area contributed by atoms with Gasteiger partial charge in [0.15, 0.2) is 0 Å². The molecule has 0 aliphatic carbocycles. The largest absolute Gasteiger partial charge is 0.384 e. The van der Waals surface area contributed by atoms with Gasteiger partial charge in [-0.1, -0.05) is 22.0 Å². The van der Waals surface area contributed by atoms with Crippen molar-refractivity contribution in [2.75, 3.05) is 11.9 Å². The van der Waals surface area contributed by atoms with E-state index in [-0.39, 0.29) is 29.8 Å². The molecule has 0 atom stereocenters. The summed E-state index contributed by atoms with van der Waals surface area (Å²) in [5.74, 6) is -3.01. The van der Waals surface area contributed by atoms with Crippen molar-refractivity contribution in [3.05, 3.63) is 63.4 Å². The second kappa shape index (κ2) is 6.83. The normalized spacial score (nSPS) is 10.5. The van der Waals surface area contributed by atoms with E-state index in [1.807, 2.05) is 0 Å². The zero-order chi connectivity index (χ0) is 16.3. The highest BCUT2D eigenvalue weighted by Crippen LogP contribution is 2.25. The fourth-order valence-electron chi connectivity index (χ4n) is 2.06. The Labute approximate surface area is 133 Å². The molecule has 0 aliphatic heterocycles. The van der Waals surface area contributed by atoms with E-state index in [1.54, 1.807) is 0 Å². The molecule has 0 radical (unpaired) electrons. The summed E-state index contributed by atoms with van der Waals surface area (Å²) in [7, 11) is 0. The van der Waals surface area contributed by atoms with E-state index in [4.69, 9.17) is 5.73 Å². The molecule has 0 saturated heterocycles. The summed E-state index contributed by atoms with van der Waals surface area (Å²) in [6.07, 6.45) is 0.0326. The van der Waals surface area contributed by atoms with Gasteiger partial charge >= 0.3 is 0 Å². The Morgan fingerprint density at radius 1 is 1.14 bits per heavy atom. The number of halogens is 4. The van der Waals surface area contributed by atoms with E-state index in [9.17, 15) is 18.0 Å². The molecule has 0 spiro atoms. The van der Waals surface area contributed by atoms with Gasteiger partial charge in [-0.05, 0) is 30.7 Å². The molecular weight excluding hydrogens is 361 g/mol. The maximum Gasteiger partial charge on any atom is 0.253 e. The lowest BCUT2D eigenvalue weighted by Crippen LogP contribution is -2.18. The molecule has 0 unspecified atom stereocenters. The smallest absolute Gasteiger partial charge is 0.253 e. The van der Waals surface area contributed by atoms with Gasteiger partial charge in [-0.2, -0.15) is 0 Å². The van der Waals surface area contributed by atoms with Crippen LogP contribution in [0.2, 0.25) is 0 Å². The van der Waals surface area contributed by atoms with E-state index in [0.717, 1.165) is 18.2 Å². The van der Waals surface area contributed by atoms with Crippen LogP contribution in [0.25, 0.3) is 0 Å². The SMILES string of the molecule is NC(=O)c1c(F)cc(Br)cc1NCCc1c(F)cccc1F. The van der Waals surface area contributed by atoms with Crippen LogP contribution in [-0.2, 0) is 6.42 Å². The van der Waals surface area contributed by atoms with Crippen LogP contribution in [0.3, 0.4) is 0 Å². The number of carbonyl (C=O) groups is 1. The molecule has 0 saturated carbocycles. The molecular formula is C15H12BrF3N2O. The number of nitrogens with two attached hydrogens (primary N) is 1. The standard InChI is InChI=1S/C15H12BrF3N2O/c16-8-6-12(19)14(15(20)22)13(7-8)21-5-4-9-10(17)2-1-3-11(9)18/h1-3,6-7,21H,4-5H2,(H2,20,22). The summed E-state index contributed by atoms with van der Waals surface area (Å²) in [6, 6.07) is 6.18. The zero-order valence-electron chi connectivity index (χ0n) is 11.3. The lowest BCUT2D eigenvalue weighted by molar-refractivity contribution is 0.0997. The molecule has 2 aromatic carbocycles. The van der Waals surface area contributed by atoms with Crippen molar-refractivity contribution in [1.29, 1.82) is 0 Å². The minimum atomic E-state index is -0.926. The fraction of sp³-hybridized carbons (Fsp3) is 0.133. The fourth-order valence-corrected chi connectivity index (χ4v) is 2.49. The molecule has 2 rings (SSSR count). The second-order valence-electron chi connectivity index (χ2n) is 4.55. The highest BCUT2D eigenvalue weighted by molar-refractivity contribution is 9.10. The zero-order valence-corrected chi connectivity index (χ0v) is 12.9. The molecule has 0 aromatic heterocycles. The third kappa shape index (κ3) is 3.59. The highest BCUT2D eigenvalue weighted by Gasteiger charge is 2.16. The average Bonchev–Trinajstić information content (AvgIpc) is 2.40. The van der Waals surface area contributed by atoms with Gasteiger partial charge in [0.05, 0.1) is 11.3 Å². The minimum Gasteiger partial charge on any atom is -0.384 e. The van der Waals surface area contributed by atoms with Crippen LogP contribution in [0.1, 0.15) is 15.9 Å². The maximum absolute atomic E-state index is 13.7. The van der Waals surface area contributed by atoms with Gasteiger partial charge in [-0.3, -0.25) is 4.79 Å². The molecule has 0 aliphatic rings. The van der Waals surface area contributed by atoms with E-state index in [0.29, 0.717) is 4.47 Å². The van der Waals surface area contributed by atoms with Crippen molar-refractivity contribution >= 4 is 27.5 Å². The van der Waals surface area contributed by atoms with E-state index in [2.05, 4.69) is 21.2 Å². The predicted octanol–water partition coefficient (Wildman–Crippen LogP) is 3.62. The Morgan fingerprint density at radius 2 is 1.77 bits per heavy atom. The van der Waals surface area contributed by atoms with Crippen LogP contribution in [0.4, 0.5) is 18.9 Å². The Hall–Kier alpha value is -2.02. The Kier molecular flexibility index (Phi) is 5.07. The first-order chi connectivity index (χ1) is 10.4. The monoisotopic (exact) mass is 372 g/mol. The quantitative estimate of drug-likeness (QED) is 0.841. The number of hydrogen-bond acceptors (Lipinski definition) is 2. The summed E-state index contributed by atoms with van der Waals surface area (Å²) in [4.78, 5) is 11.3. The molecule has 7 heteroatoms. The highest BCUT2D eigenvalue weighted by atomic mass is 79.9. The number of hydrogen-bond donors (Lipinski definition) is 2. The summed E-state index contributed by atoms with van der Waals surface area (Å²) >= 11 is 3.10. The van der Waals surface area contributed by atoms with Crippen molar-refractivity contribution in [3.63, 3.8) is 0 Å². The first kappa shape index (κ1) is 16.4. The molecule has 2 aromatic rings. The molecule has 3 N–H and O–H groups in total. The van der Waals surface area contributed by atoms with Gasteiger partial charge in [0.1, 0.15) is 17.5 Å². The summed E-state index contributed by atoms with van der Waals surface area (Å²) in [5, 5.41) is 2.78. The average molecular weight is 373 g/mol.